The highest BCUT2D eigenvalue weighted by Crippen LogP contribution is 2.30. The molecule has 2 heterocycles. The van der Waals surface area contributed by atoms with Crippen molar-refractivity contribution in [3.63, 3.8) is 0 Å². The van der Waals surface area contributed by atoms with E-state index in [9.17, 15) is 13.2 Å². The van der Waals surface area contributed by atoms with Crippen LogP contribution in [0.4, 0.5) is 5.82 Å². The normalized spacial score (nSPS) is 18.4. The molecule has 8 nitrogen and oxygen atoms in total. The van der Waals surface area contributed by atoms with Crippen molar-refractivity contribution in [3.05, 3.63) is 75.4 Å². The van der Waals surface area contributed by atoms with Crippen LogP contribution in [0.25, 0.3) is 0 Å². The van der Waals surface area contributed by atoms with E-state index in [0.29, 0.717) is 22.7 Å². The predicted octanol–water partition coefficient (Wildman–Crippen LogP) is 3.47. The number of thiophene rings is 1. The van der Waals surface area contributed by atoms with E-state index in [4.69, 9.17) is 9.32 Å². The van der Waals surface area contributed by atoms with E-state index in [1.54, 1.807) is 0 Å². The topological polar surface area (TPSA) is 124 Å². The number of rotatable bonds is 9. The third kappa shape index (κ3) is 6.44. The summed E-state index contributed by atoms with van der Waals surface area (Å²) in [6.45, 7) is 2.13. The standard InChI is InChI=1S/C23H26N4O4S2/c1-15-3-2-4-16(7-15)8-18-10-21(32-13-18)22(28)20-11-25-14-26-23(20)27-19-6-5-17(9-19)12-31-33(24,29)30/h2-4,7,10-11,13-14,17,19H,5-6,8-9,12H2,1H3,(H2,24,29,30)(H,25,26,27)/t17-,19+/m1/s1. The molecule has 1 aliphatic carbocycles. The van der Waals surface area contributed by atoms with E-state index in [2.05, 4.69) is 40.4 Å². The largest absolute Gasteiger partial charge is 0.367 e. The molecule has 0 amide bonds. The molecule has 3 N–H and O–H groups in total. The van der Waals surface area contributed by atoms with Gasteiger partial charge in [0.25, 0.3) is 0 Å². The smallest absolute Gasteiger partial charge is 0.333 e. The minimum absolute atomic E-state index is 0.0562. The lowest BCUT2D eigenvalue weighted by molar-refractivity contribution is 0.104. The molecular formula is C23H26N4O4S2. The minimum atomic E-state index is -3.94. The Bertz CT molecular complexity index is 1240. The van der Waals surface area contributed by atoms with Gasteiger partial charge in [-0.3, -0.25) is 8.98 Å². The number of nitrogens with one attached hydrogen (secondary N) is 1. The monoisotopic (exact) mass is 486 g/mol. The van der Waals surface area contributed by atoms with Crippen molar-refractivity contribution in [3.8, 4) is 0 Å². The van der Waals surface area contributed by atoms with Crippen LogP contribution in [-0.4, -0.2) is 36.8 Å². The zero-order chi connectivity index (χ0) is 23.4. The fraction of sp³-hybridized carbons (Fsp3) is 0.348. The van der Waals surface area contributed by atoms with Gasteiger partial charge in [0.15, 0.2) is 0 Å². The van der Waals surface area contributed by atoms with Crippen molar-refractivity contribution in [2.45, 2.75) is 38.6 Å². The van der Waals surface area contributed by atoms with E-state index in [1.165, 1.54) is 35.0 Å². The molecule has 1 aromatic carbocycles. The summed E-state index contributed by atoms with van der Waals surface area (Å²) in [4.78, 5) is 22.2. The molecule has 1 aliphatic rings. The molecule has 0 saturated heterocycles. The molecule has 4 rings (SSSR count). The second-order valence-electron chi connectivity index (χ2n) is 8.40. The van der Waals surface area contributed by atoms with Gasteiger partial charge in [-0.15, -0.1) is 11.3 Å². The zero-order valence-electron chi connectivity index (χ0n) is 18.2. The average Bonchev–Trinajstić information content (AvgIpc) is 3.41. The molecule has 0 spiro atoms. The Balaban J connectivity index is 1.42. The number of aromatic nitrogens is 2. The third-order valence-corrected chi connectivity index (χ3v) is 7.12. The summed E-state index contributed by atoms with van der Waals surface area (Å²) in [5, 5.41) is 10.3. The quantitative estimate of drug-likeness (QED) is 0.444. The Morgan fingerprint density at radius 1 is 1.27 bits per heavy atom. The van der Waals surface area contributed by atoms with E-state index in [1.807, 2.05) is 17.5 Å². The number of carbonyl (C=O) groups is 1. The Morgan fingerprint density at radius 2 is 2.12 bits per heavy atom. The molecule has 10 heteroatoms. The van der Waals surface area contributed by atoms with E-state index < -0.39 is 10.3 Å². The molecule has 1 fully saturated rings. The Kier molecular flexibility index (Phi) is 7.18. The molecular weight excluding hydrogens is 460 g/mol. The number of hydrogen-bond donors (Lipinski definition) is 2. The molecule has 3 aromatic rings. The maximum Gasteiger partial charge on any atom is 0.333 e. The van der Waals surface area contributed by atoms with Crippen LogP contribution in [0.2, 0.25) is 0 Å². The van der Waals surface area contributed by atoms with Gasteiger partial charge in [-0.05, 0) is 61.1 Å². The molecule has 2 atom stereocenters. The van der Waals surface area contributed by atoms with Crippen LogP contribution < -0.4 is 10.5 Å². The highest BCUT2D eigenvalue weighted by Gasteiger charge is 2.27. The highest BCUT2D eigenvalue weighted by molar-refractivity contribution is 7.84. The molecule has 0 bridgehead atoms. The second-order valence-corrected chi connectivity index (χ2v) is 10.5. The van der Waals surface area contributed by atoms with Gasteiger partial charge in [-0.2, -0.15) is 8.42 Å². The maximum absolute atomic E-state index is 13.2. The number of anilines is 1. The first kappa shape index (κ1) is 23.5. The highest BCUT2D eigenvalue weighted by atomic mass is 32.2. The van der Waals surface area contributed by atoms with Crippen molar-refractivity contribution in [1.82, 2.24) is 9.97 Å². The van der Waals surface area contributed by atoms with Crippen LogP contribution in [0.1, 0.15) is 51.2 Å². The van der Waals surface area contributed by atoms with Crippen LogP contribution in [0, 0.1) is 12.8 Å². The summed E-state index contributed by atoms with van der Waals surface area (Å²) in [5.41, 5.74) is 3.93. The van der Waals surface area contributed by atoms with Gasteiger partial charge in [0.05, 0.1) is 17.0 Å². The number of benzene rings is 1. The molecule has 0 unspecified atom stereocenters. The lowest BCUT2D eigenvalue weighted by Crippen LogP contribution is -2.22. The van der Waals surface area contributed by atoms with Gasteiger partial charge >= 0.3 is 10.3 Å². The van der Waals surface area contributed by atoms with Gasteiger partial charge in [0.1, 0.15) is 12.1 Å². The second kappa shape index (κ2) is 10.1. The first-order valence-corrected chi connectivity index (χ1v) is 13.0. The van der Waals surface area contributed by atoms with E-state index in [0.717, 1.165) is 24.8 Å². The number of aryl methyl sites for hydroxylation is 1. The average molecular weight is 487 g/mol. The molecule has 0 radical (unpaired) electrons. The summed E-state index contributed by atoms with van der Waals surface area (Å²) >= 11 is 1.42. The summed E-state index contributed by atoms with van der Waals surface area (Å²) in [6, 6.07) is 10.3. The van der Waals surface area contributed by atoms with Gasteiger partial charge in [0, 0.05) is 12.2 Å². The Morgan fingerprint density at radius 3 is 2.91 bits per heavy atom. The number of hydrogen-bond acceptors (Lipinski definition) is 8. The lowest BCUT2D eigenvalue weighted by atomic mass is 10.0. The van der Waals surface area contributed by atoms with Gasteiger partial charge in [-0.1, -0.05) is 29.8 Å². The Hall–Kier alpha value is -2.66. The maximum atomic E-state index is 13.2. The molecule has 33 heavy (non-hydrogen) atoms. The number of nitrogens with zero attached hydrogens (tertiary/aromatic N) is 2. The summed E-state index contributed by atoms with van der Waals surface area (Å²) < 4.78 is 26.8. The van der Waals surface area contributed by atoms with Crippen LogP contribution in [0.15, 0.2) is 48.2 Å². The first-order valence-electron chi connectivity index (χ1n) is 10.7. The first-order chi connectivity index (χ1) is 15.8. The molecule has 174 valence electrons. The zero-order valence-corrected chi connectivity index (χ0v) is 19.9. The van der Waals surface area contributed by atoms with Crippen LogP contribution in [-0.2, 0) is 20.9 Å². The molecule has 2 aromatic heterocycles. The summed E-state index contributed by atoms with van der Waals surface area (Å²) in [7, 11) is -3.94. The van der Waals surface area contributed by atoms with Crippen molar-refractivity contribution < 1.29 is 17.4 Å². The van der Waals surface area contributed by atoms with E-state index >= 15 is 0 Å². The van der Waals surface area contributed by atoms with Crippen molar-refractivity contribution >= 4 is 33.2 Å². The van der Waals surface area contributed by atoms with E-state index in [-0.39, 0.29) is 24.3 Å². The van der Waals surface area contributed by atoms with Crippen LogP contribution in [0.3, 0.4) is 0 Å². The van der Waals surface area contributed by atoms with Crippen molar-refractivity contribution in [2.75, 3.05) is 11.9 Å². The molecule has 0 aliphatic heterocycles. The summed E-state index contributed by atoms with van der Waals surface area (Å²) in [5.74, 6) is 0.440. The van der Waals surface area contributed by atoms with Crippen LogP contribution in [0.5, 0.6) is 0 Å². The van der Waals surface area contributed by atoms with Crippen molar-refractivity contribution in [2.24, 2.45) is 11.1 Å². The van der Waals surface area contributed by atoms with Crippen molar-refractivity contribution in [1.29, 1.82) is 0 Å². The minimum Gasteiger partial charge on any atom is -0.367 e. The van der Waals surface area contributed by atoms with Gasteiger partial charge in [-0.25, -0.2) is 15.1 Å². The number of nitrogens with two attached hydrogens (primary N) is 1. The van der Waals surface area contributed by atoms with Gasteiger partial charge < -0.3 is 5.32 Å². The van der Waals surface area contributed by atoms with Crippen LogP contribution >= 0.6 is 11.3 Å². The third-order valence-electron chi connectivity index (χ3n) is 5.68. The lowest BCUT2D eigenvalue weighted by Gasteiger charge is -2.15. The number of ketones is 1. The van der Waals surface area contributed by atoms with Gasteiger partial charge in [0.2, 0.25) is 5.78 Å². The SMILES string of the molecule is Cc1cccc(Cc2csc(C(=O)c3cncnc3N[C@H]3CC[C@@H](COS(N)(=O)=O)C3)c2)c1. The fourth-order valence-electron chi connectivity index (χ4n) is 4.13. The number of carbonyl (C=O) groups excluding carboxylic acids is 1. The fourth-order valence-corrected chi connectivity index (χ4v) is 5.38. The summed E-state index contributed by atoms with van der Waals surface area (Å²) in [6.07, 6.45) is 6.03. The predicted molar refractivity (Wildman–Crippen MR) is 128 cm³/mol. The Labute approximate surface area is 197 Å². The molecule has 1 saturated carbocycles.